The molecule has 0 bridgehead atoms. The maximum atomic E-state index is 13.4. The van der Waals surface area contributed by atoms with Crippen LogP contribution in [0.2, 0.25) is 0 Å². The van der Waals surface area contributed by atoms with E-state index in [0.717, 1.165) is 6.07 Å². The van der Waals surface area contributed by atoms with E-state index in [1.54, 1.807) is 6.20 Å². The summed E-state index contributed by atoms with van der Waals surface area (Å²) < 4.78 is 41.8. The van der Waals surface area contributed by atoms with E-state index in [-0.39, 0.29) is 23.3 Å². The number of hydrogen-bond acceptors (Lipinski definition) is 4. The molecule has 1 atom stereocenters. The van der Waals surface area contributed by atoms with Crippen LogP contribution in [0.25, 0.3) is 16.9 Å². The van der Waals surface area contributed by atoms with Crippen LogP contribution >= 0.6 is 0 Å². The van der Waals surface area contributed by atoms with Crippen molar-refractivity contribution in [2.45, 2.75) is 25.6 Å². The Morgan fingerprint density at radius 3 is 2.73 bits per heavy atom. The largest absolute Gasteiger partial charge is 0.480 e. The highest BCUT2D eigenvalue weighted by Crippen LogP contribution is 2.37. The van der Waals surface area contributed by atoms with Gasteiger partial charge < -0.3 is 15.2 Å². The van der Waals surface area contributed by atoms with Gasteiger partial charge in [0.15, 0.2) is 0 Å². The number of pyridine rings is 2. The first-order chi connectivity index (χ1) is 12.2. The zero-order chi connectivity index (χ0) is 19.1. The first-order valence-electron chi connectivity index (χ1n) is 7.66. The Labute approximate surface area is 146 Å². The fourth-order valence-corrected chi connectivity index (χ4v) is 2.73. The third-order valence-electron chi connectivity index (χ3n) is 3.96. The minimum atomic E-state index is -4.57. The molecular formula is C17H15F3N4O2. The van der Waals surface area contributed by atoms with Gasteiger partial charge in [-0.15, -0.1) is 0 Å². The standard InChI is InChI=1S/C17H15F3N4O2/c1-9-6-12(17(18,19)20)14(23-8-9)11-3-2-10(7-13(21)16(25)26)24-5-4-22-15(11)24/h2-6,8,13H,7,21H2,1H3,(H,25,26). The summed E-state index contributed by atoms with van der Waals surface area (Å²) in [6.45, 7) is 1.54. The van der Waals surface area contributed by atoms with E-state index in [9.17, 15) is 18.0 Å². The maximum absolute atomic E-state index is 13.4. The van der Waals surface area contributed by atoms with Crippen LogP contribution in [-0.2, 0) is 17.4 Å². The number of alkyl halides is 3. The Balaban J connectivity index is 2.17. The number of carboxylic acid groups (broad SMARTS) is 1. The molecule has 0 aliphatic heterocycles. The van der Waals surface area contributed by atoms with Crippen molar-refractivity contribution in [3.63, 3.8) is 0 Å². The normalized spacial score (nSPS) is 13.1. The number of halogens is 3. The first kappa shape index (κ1) is 17.9. The lowest BCUT2D eigenvalue weighted by Crippen LogP contribution is -2.32. The van der Waals surface area contributed by atoms with Gasteiger partial charge in [-0.25, -0.2) is 4.98 Å². The summed E-state index contributed by atoms with van der Waals surface area (Å²) >= 11 is 0. The molecule has 1 unspecified atom stereocenters. The lowest BCUT2D eigenvalue weighted by molar-refractivity contribution is -0.139. The summed E-state index contributed by atoms with van der Waals surface area (Å²) in [6.07, 6.45) is -0.225. The van der Waals surface area contributed by atoms with Crippen molar-refractivity contribution in [3.8, 4) is 11.3 Å². The molecule has 26 heavy (non-hydrogen) atoms. The van der Waals surface area contributed by atoms with E-state index in [1.165, 1.54) is 35.9 Å². The molecule has 0 aromatic carbocycles. The van der Waals surface area contributed by atoms with Gasteiger partial charge in [0, 0.05) is 36.3 Å². The van der Waals surface area contributed by atoms with Crippen LogP contribution in [0.3, 0.4) is 0 Å². The number of imidazole rings is 1. The molecule has 6 nitrogen and oxygen atoms in total. The first-order valence-corrected chi connectivity index (χ1v) is 7.66. The number of fused-ring (bicyclic) bond motifs is 1. The molecule has 0 aliphatic carbocycles. The molecule has 3 heterocycles. The van der Waals surface area contributed by atoms with E-state index in [2.05, 4.69) is 9.97 Å². The van der Waals surface area contributed by atoms with Crippen molar-refractivity contribution in [3.05, 3.63) is 53.6 Å². The molecule has 9 heteroatoms. The fraction of sp³-hybridized carbons (Fsp3) is 0.235. The SMILES string of the molecule is Cc1cnc(-c2ccc(CC(N)C(=O)O)n3ccnc23)c(C(F)(F)F)c1. The van der Waals surface area contributed by atoms with Crippen molar-refractivity contribution in [2.24, 2.45) is 5.73 Å². The highest BCUT2D eigenvalue weighted by atomic mass is 19.4. The van der Waals surface area contributed by atoms with E-state index >= 15 is 0 Å². The number of carboxylic acids is 1. The summed E-state index contributed by atoms with van der Waals surface area (Å²) in [5.41, 5.74) is 5.86. The van der Waals surface area contributed by atoms with Crippen molar-refractivity contribution in [2.75, 3.05) is 0 Å². The van der Waals surface area contributed by atoms with Gasteiger partial charge >= 0.3 is 12.1 Å². The fourth-order valence-electron chi connectivity index (χ4n) is 2.73. The molecule has 0 saturated heterocycles. The number of carbonyl (C=O) groups is 1. The number of rotatable bonds is 4. The van der Waals surface area contributed by atoms with Gasteiger partial charge in [0.1, 0.15) is 11.7 Å². The average Bonchev–Trinajstić information content (AvgIpc) is 3.04. The highest BCUT2D eigenvalue weighted by molar-refractivity contribution is 5.78. The molecule has 0 amide bonds. The Hall–Kier alpha value is -2.94. The van der Waals surface area contributed by atoms with Gasteiger partial charge in [-0.2, -0.15) is 13.2 Å². The van der Waals surface area contributed by atoms with Gasteiger partial charge in [0.2, 0.25) is 0 Å². The summed E-state index contributed by atoms with van der Waals surface area (Å²) in [4.78, 5) is 19.1. The summed E-state index contributed by atoms with van der Waals surface area (Å²) in [6, 6.07) is 2.90. The Kier molecular flexibility index (Phi) is 4.41. The summed E-state index contributed by atoms with van der Waals surface area (Å²) in [5, 5.41) is 8.97. The van der Waals surface area contributed by atoms with Gasteiger partial charge in [-0.1, -0.05) is 0 Å². The smallest absolute Gasteiger partial charge is 0.418 e. The van der Waals surface area contributed by atoms with Crippen molar-refractivity contribution in [1.29, 1.82) is 0 Å². The second kappa shape index (κ2) is 6.41. The monoisotopic (exact) mass is 364 g/mol. The summed E-state index contributed by atoms with van der Waals surface area (Å²) in [5.74, 6) is -1.16. The molecule has 0 radical (unpaired) electrons. The second-order valence-electron chi connectivity index (χ2n) is 5.91. The molecule has 3 aromatic rings. The number of hydrogen-bond donors (Lipinski definition) is 2. The van der Waals surface area contributed by atoms with Crippen LogP contribution < -0.4 is 5.73 Å². The van der Waals surface area contributed by atoms with Crippen LogP contribution in [0.1, 0.15) is 16.8 Å². The van der Waals surface area contributed by atoms with Gasteiger partial charge in [0.25, 0.3) is 0 Å². The zero-order valence-corrected chi connectivity index (χ0v) is 13.7. The highest BCUT2D eigenvalue weighted by Gasteiger charge is 2.35. The Morgan fingerprint density at radius 1 is 1.35 bits per heavy atom. The molecule has 0 saturated carbocycles. The van der Waals surface area contributed by atoms with Crippen LogP contribution in [0.4, 0.5) is 13.2 Å². The Morgan fingerprint density at radius 2 is 2.08 bits per heavy atom. The predicted octanol–water partition coefficient (Wildman–Crippen LogP) is 2.68. The van der Waals surface area contributed by atoms with Gasteiger partial charge in [-0.05, 0) is 30.7 Å². The lowest BCUT2D eigenvalue weighted by atomic mass is 10.0. The van der Waals surface area contributed by atoms with Crippen molar-refractivity contribution in [1.82, 2.24) is 14.4 Å². The van der Waals surface area contributed by atoms with Crippen LogP contribution in [0.5, 0.6) is 0 Å². The topological polar surface area (TPSA) is 93.5 Å². The molecule has 3 rings (SSSR count). The second-order valence-corrected chi connectivity index (χ2v) is 5.91. The third kappa shape index (κ3) is 3.25. The van der Waals surface area contributed by atoms with Gasteiger partial charge in [0.05, 0.1) is 11.3 Å². The minimum Gasteiger partial charge on any atom is -0.480 e. The number of nitrogens with two attached hydrogens (primary N) is 1. The van der Waals surface area contributed by atoms with Crippen LogP contribution in [0, 0.1) is 6.92 Å². The average molecular weight is 364 g/mol. The van der Waals surface area contributed by atoms with E-state index < -0.39 is 23.8 Å². The Bertz CT molecular complexity index is 982. The number of nitrogens with zero attached hydrogens (tertiary/aromatic N) is 3. The molecule has 0 fully saturated rings. The number of aromatic nitrogens is 3. The molecule has 3 N–H and O–H groups in total. The molecule has 3 aromatic heterocycles. The predicted molar refractivity (Wildman–Crippen MR) is 87.5 cm³/mol. The van der Waals surface area contributed by atoms with Crippen molar-refractivity contribution >= 4 is 11.6 Å². The van der Waals surface area contributed by atoms with E-state index in [1.807, 2.05) is 0 Å². The summed E-state index contributed by atoms with van der Waals surface area (Å²) in [7, 11) is 0. The maximum Gasteiger partial charge on any atom is 0.418 e. The zero-order valence-electron chi connectivity index (χ0n) is 13.7. The van der Waals surface area contributed by atoms with Crippen LogP contribution in [0.15, 0.2) is 36.8 Å². The lowest BCUT2D eigenvalue weighted by Gasteiger charge is -2.15. The van der Waals surface area contributed by atoms with Crippen LogP contribution in [-0.4, -0.2) is 31.5 Å². The van der Waals surface area contributed by atoms with E-state index in [4.69, 9.17) is 10.8 Å². The number of aryl methyl sites for hydroxylation is 1. The van der Waals surface area contributed by atoms with Crippen molar-refractivity contribution < 1.29 is 23.1 Å². The van der Waals surface area contributed by atoms with E-state index in [0.29, 0.717) is 11.3 Å². The molecule has 0 aliphatic rings. The molecule has 136 valence electrons. The quantitative estimate of drug-likeness (QED) is 0.742. The third-order valence-corrected chi connectivity index (χ3v) is 3.96. The molecule has 0 spiro atoms. The number of aliphatic carboxylic acids is 1. The molecular weight excluding hydrogens is 349 g/mol. The minimum absolute atomic E-state index is 0.00985. The van der Waals surface area contributed by atoms with Gasteiger partial charge in [-0.3, -0.25) is 9.78 Å².